The van der Waals surface area contributed by atoms with E-state index in [1.54, 1.807) is 11.0 Å². The Morgan fingerprint density at radius 3 is 2.63 bits per heavy atom. The molecular weight excluding hydrogens is 423 g/mol. The molecule has 0 spiro atoms. The molecule has 1 N–H and O–H groups in total. The molecule has 0 unspecified atom stereocenters. The molecule has 0 aliphatic carbocycles. The first-order valence-electron chi connectivity index (χ1n) is 10.3. The van der Waals surface area contributed by atoms with Gasteiger partial charge in [-0.2, -0.15) is 0 Å². The Bertz CT molecular complexity index is 912. The van der Waals surface area contributed by atoms with Crippen LogP contribution in [0.2, 0.25) is 10.0 Å². The zero-order valence-corrected chi connectivity index (χ0v) is 19.1. The van der Waals surface area contributed by atoms with E-state index in [4.69, 9.17) is 23.2 Å². The van der Waals surface area contributed by atoms with Crippen molar-refractivity contribution in [2.45, 2.75) is 45.8 Å². The second-order valence-corrected chi connectivity index (χ2v) is 8.56. The van der Waals surface area contributed by atoms with E-state index in [9.17, 15) is 9.59 Å². The van der Waals surface area contributed by atoms with Gasteiger partial charge in [-0.1, -0.05) is 36.2 Å². The first-order chi connectivity index (χ1) is 14.3. The SMILES string of the molecule is CCCNC(=O)N(CC(=O)N1CCn2cccc2[C@@H]1c1ccc(Cl)c(Cl)c1)C(C)C. The average molecular weight is 451 g/mol. The Hall–Kier alpha value is -2.18. The smallest absolute Gasteiger partial charge is 0.318 e. The van der Waals surface area contributed by atoms with Gasteiger partial charge in [-0.15, -0.1) is 0 Å². The number of hydrogen-bond acceptors (Lipinski definition) is 2. The molecule has 3 amide bonds. The fraction of sp³-hybridized carbons (Fsp3) is 0.455. The number of urea groups is 1. The Labute approximate surface area is 187 Å². The molecule has 0 bridgehead atoms. The Morgan fingerprint density at radius 2 is 1.97 bits per heavy atom. The third-order valence-electron chi connectivity index (χ3n) is 5.33. The predicted molar refractivity (Wildman–Crippen MR) is 120 cm³/mol. The van der Waals surface area contributed by atoms with E-state index in [1.807, 2.05) is 56.1 Å². The van der Waals surface area contributed by atoms with Crippen molar-refractivity contribution in [2.75, 3.05) is 19.6 Å². The lowest BCUT2D eigenvalue weighted by Crippen LogP contribution is -2.52. The van der Waals surface area contributed by atoms with E-state index in [0.717, 1.165) is 17.7 Å². The van der Waals surface area contributed by atoms with Crippen LogP contribution in [0.1, 0.15) is 44.5 Å². The molecule has 162 valence electrons. The van der Waals surface area contributed by atoms with Crippen LogP contribution in [0.4, 0.5) is 4.79 Å². The number of carbonyl (C=O) groups excluding carboxylic acids is 2. The van der Waals surface area contributed by atoms with Gasteiger partial charge in [-0.25, -0.2) is 4.79 Å². The number of halogens is 2. The van der Waals surface area contributed by atoms with Crippen LogP contribution in [0.3, 0.4) is 0 Å². The van der Waals surface area contributed by atoms with Gasteiger partial charge in [0.1, 0.15) is 6.54 Å². The first kappa shape index (κ1) is 22.5. The maximum absolute atomic E-state index is 13.4. The molecule has 0 saturated carbocycles. The minimum absolute atomic E-state index is 0.0196. The molecule has 1 aromatic heterocycles. The standard InChI is InChI=1S/C22H28Cl2N4O2/c1-4-9-25-22(30)28(15(2)3)14-20(29)27-12-11-26-10-5-6-19(26)21(27)16-7-8-17(23)18(24)13-16/h5-8,10,13,15,21H,4,9,11-12,14H2,1-3H3,(H,25,30)/t21-/m0/s1. The van der Waals surface area contributed by atoms with Gasteiger partial charge in [0.05, 0.1) is 16.1 Å². The highest BCUT2D eigenvalue weighted by molar-refractivity contribution is 6.42. The van der Waals surface area contributed by atoms with Gasteiger partial charge in [0.2, 0.25) is 5.91 Å². The van der Waals surface area contributed by atoms with Crippen LogP contribution in [0.5, 0.6) is 0 Å². The summed E-state index contributed by atoms with van der Waals surface area (Å²) in [6.07, 6.45) is 2.86. The van der Waals surface area contributed by atoms with E-state index >= 15 is 0 Å². The highest BCUT2D eigenvalue weighted by Crippen LogP contribution is 2.35. The second-order valence-electron chi connectivity index (χ2n) is 7.74. The summed E-state index contributed by atoms with van der Waals surface area (Å²) in [5, 5.41) is 3.80. The molecular formula is C22H28Cl2N4O2. The van der Waals surface area contributed by atoms with Crippen molar-refractivity contribution in [2.24, 2.45) is 0 Å². The van der Waals surface area contributed by atoms with Crippen molar-refractivity contribution in [1.29, 1.82) is 0 Å². The molecule has 30 heavy (non-hydrogen) atoms. The number of carbonyl (C=O) groups is 2. The summed E-state index contributed by atoms with van der Waals surface area (Å²) >= 11 is 12.4. The fourth-order valence-corrected chi connectivity index (χ4v) is 4.05. The lowest BCUT2D eigenvalue weighted by molar-refractivity contribution is -0.134. The second kappa shape index (κ2) is 9.75. The van der Waals surface area contributed by atoms with Gasteiger partial charge in [0, 0.05) is 37.6 Å². The summed E-state index contributed by atoms with van der Waals surface area (Å²) in [6, 6.07) is 8.86. The minimum atomic E-state index is -0.288. The number of rotatable bonds is 6. The number of benzene rings is 1. The van der Waals surface area contributed by atoms with Gasteiger partial charge in [-0.05, 0) is 50.1 Å². The quantitative estimate of drug-likeness (QED) is 0.700. The van der Waals surface area contributed by atoms with E-state index in [0.29, 0.717) is 29.7 Å². The maximum Gasteiger partial charge on any atom is 0.318 e. The average Bonchev–Trinajstić information content (AvgIpc) is 3.20. The van der Waals surface area contributed by atoms with Crippen molar-refractivity contribution < 1.29 is 9.59 Å². The zero-order chi connectivity index (χ0) is 21.8. The topological polar surface area (TPSA) is 57.6 Å². The van der Waals surface area contributed by atoms with Gasteiger partial charge in [-0.3, -0.25) is 4.79 Å². The summed E-state index contributed by atoms with van der Waals surface area (Å²) in [4.78, 5) is 29.4. The van der Waals surface area contributed by atoms with Gasteiger partial charge >= 0.3 is 6.03 Å². The van der Waals surface area contributed by atoms with Crippen LogP contribution in [-0.2, 0) is 11.3 Å². The molecule has 2 aromatic rings. The fourth-order valence-electron chi connectivity index (χ4n) is 3.74. The predicted octanol–water partition coefficient (Wildman–Crippen LogP) is 4.56. The summed E-state index contributed by atoms with van der Waals surface area (Å²) in [7, 11) is 0. The number of aromatic nitrogens is 1. The van der Waals surface area contributed by atoms with Crippen LogP contribution < -0.4 is 5.32 Å². The molecule has 3 rings (SSSR count). The Kier molecular flexibility index (Phi) is 7.32. The maximum atomic E-state index is 13.4. The lowest BCUT2D eigenvalue weighted by Gasteiger charge is -2.39. The van der Waals surface area contributed by atoms with E-state index in [2.05, 4.69) is 9.88 Å². The molecule has 0 radical (unpaired) electrons. The number of nitrogens with one attached hydrogen (secondary N) is 1. The molecule has 1 aliphatic heterocycles. The number of hydrogen-bond donors (Lipinski definition) is 1. The highest BCUT2D eigenvalue weighted by atomic mass is 35.5. The molecule has 1 atom stereocenters. The molecule has 1 aromatic carbocycles. The van der Waals surface area contributed by atoms with Crippen molar-refractivity contribution in [3.8, 4) is 0 Å². The van der Waals surface area contributed by atoms with Gasteiger partial charge in [0.15, 0.2) is 0 Å². The zero-order valence-electron chi connectivity index (χ0n) is 17.6. The molecule has 2 heterocycles. The third-order valence-corrected chi connectivity index (χ3v) is 6.07. The van der Waals surface area contributed by atoms with Gasteiger partial charge < -0.3 is 19.7 Å². The third kappa shape index (κ3) is 4.76. The summed E-state index contributed by atoms with van der Waals surface area (Å²) in [5.74, 6) is -0.0983. The largest absolute Gasteiger partial charge is 0.348 e. The van der Waals surface area contributed by atoms with Crippen LogP contribution in [0.15, 0.2) is 36.5 Å². The van der Waals surface area contributed by atoms with Crippen LogP contribution in [0.25, 0.3) is 0 Å². The lowest BCUT2D eigenvalue weighted by atomic mass is 9.99. The first-order valence-corrected chi connectivity index (χ1v) is 11.0. The Morgan fingerprint density at radius 1 is 1.20 bits per heavy atom. The normalized spacial score (nSPS) is 15.8. The van der Waals surface area contributed by atoms with E-state index in [1.165, 1.54) is 0 Å². The van der Waals surface area contributed by atoms with E-state index in [-0.39, 0.29) is 30.6 Å². The van der Waals surface area contributed by atoms with Gasteiger partial charge in [0.25, 0.3) is 0 Å². The number of nitrogens with zero attached hydrogens (tertiary/aromatic N) is 3. The molecule has 1 aliphatic rings. The van der Waals surface area contributed by atoms with Crippen molar-refractivity contribution in [1.82, 2.24) is 19.7 Å². The van der Waals surface area contributed by atoms with Crippen molar-refractivity contribution in [3.05, 3.63) is 57.8 Å². The summed E-state index contributed by atoms with van der Waals surface area (Å²) in [5.41, 5.74) is 1.91. The molecule has 6 nitrogen and oxygen atoms in total. The molecule has 0 fully saturated rings. The minimum Gasteiger partial charge on any atom is -0.348 e. The van der Waals surface area contributed by atoms with Crippen molar-refractivity contribution >= 4 is 35.1 Å². The van der Waals surface area contributed by atoms with Crippen LogP contribution >= 0.6 is 23.2 Å². The monoisotopic (exact) mass is 450 g/mol. The van der Waals surface area contributed by atoms with Crippen LogP contribution in [-0.4, -0.2) is 52.0 Å². The molecule has 0 saturated heterocycles. The summed E-state index contributed by atoms with van der Waals surface area (Å²) in [6.45, 7) is 7.68. The van der Waals surface area contributed by atoms with Crippen LogP contribution in [0, 0.1) is 0 Å². The molecule has 8 heteroatoms. The number of fused-ring (bicyclic) bond motifs is 1. The number of amides is 3. The summed E-state index contributed by atoms with van der Waals surface area (Å²) < 4.78 is 2.14. The van der Waals surface area contributed by atoms with E-state index < -0.39 is 0 Å². The Balaban J connectivity index is 1.89. The highest BCUT2D eigenvalue weighted by Gasteiger charge is 2.34. The van der Waals surface area contributed by atoms with Crippen molar-refractivity contribution in [3.63, 3.8) is 0 Å².